The number of pyridine rings is 1. The fourth-order valence-corrected chi connectivity index (χ4v) is 1.62. The van der Waals surface area contributed by atoms with Crippen molar-refractivity contribution in [1.29, 1.82) is 0 Å². The minimum atomic E-state index is 0.505. The molecule has 90 valence electrons. The van der Waals surface area contributed by atoms with Crippen LogP contribution in [0, 0.1) is 0 Å². The molecule has 0 aliphatic carbocycles. The Morgan fingerprint density at radius 3 is 2.59 bits per heavy atom. The first kappa shape index (κ1) is 11.7. The second kappa shape index (κ2) is 5.05. The van der Waals surface area contributed by atoms with Crippen LogP contribution in [0.15, 0.2) is 18.3 Å². The molecule has 2 rings (SSSR count). The molecule has 0 amide bonds. The molecule has 2 aromatic heterocycles. The Labute approximate surface area is 101 Å². The largest absolute Gasteiger partial charge is 0.326 e. The highest BCUT2D eigenvalue weighted by molar-refractivity contribution is 5.25. The molecule has 2 aromatic rings. The zero-order chi connectivity index (χ0) is 12.3. The van der Waals surface area contributed by atoms with Gasteiger partial charge in [-0.25, -0.2) is 9.97 Å². The third kappa shape index (κ3) is 2.34. The monoisotopic (exact) mass is 231 g/mol. The molecule has 0 aliphatic heterocycles. The summed E-state index contributed by atoms with van der Waals surface area (Å²) in [6.07, 6.45) is 3.45. The maximum absolute atomic E-state index is 5.55. The fourth-order valence-electron chi connectivity index (χ4n) is 1.62. The molecule has 0 aliphatic rings. The molecule has 0 unspecified atom stereocenters. The molecule has 0 atom stereocenters. The Morgan fingerprint density at radius 1 is 1.24 bits per heavy atom. The first-order valence-electron chi connectivity index (χ1n) is 5.88. The number of nitrogens with zero attached hydrogens (tertiary/aromatic N) is 4. The van der Waals surface area contributed by atoms with Gasteiger partial charge in [0, 0.05) is 25.6 Å². The van der Waals surface area contributed by atoms with Crippen LogP contribution in [0.4, 0.5) is 0 Å². The van der Waals surface area contributed by atoms with Crippen molar-refractivity contribution in [3.63, 3.8) is 0 Å². The van der Waals surface area contributed by atoms with E-state index in [2.05, 4.69) is 22.0 Å². The van der Waals surface area contributed by atoms with Crippen LogP contribution >= 0.6 is 0 Å². The van der Waals surface area contributed by atoms with E-state index >= 15 is 0 Å². The minimum Gasteiger partial charge on any atom is -0.326 e. The fraction of sp³-hybridized carbons (Fsp3) is 0.417. The highest BCUT2D eigenvalue weighted by Crippen LogP contribution is 2.09. The lowest BCUT2D eigenvalue weighted by atomic mass is 10.3. The topological polar surface area (TPSA) is 69.6 Å². The van der Waals surface area contributed by atoms with Crippen molar-refractivity contribution in [2.24, 2.45) is 5.73 Å². The molecule has 0 radical (unpaired) electrons. The zero-order valence-corrected chi connectivity index (χ0v) is 10.2. The maximum atomic E-state index is 5.55. The van der Waals surface area contributed by atoms with Crippen LogP contribution in [-0.2, 0) is 19.4 Å². The third-order valence-electron chi connectivity index (χ3n) is 2.61. The number of nitrogens with two attached hydrogens (primary N) is 1. The van der Waals surface area contributed by atoms with Crippen molar-refractivity contribution in [2.75, 3.05) is 0 Å². The van der Waals surface area contributed by atoms with E-state index in [0.717, 1.165) is 35.9 Å². The van der Waals surface area contributed by atoms with Crippen LogP contribution in [0.25, 0.3) is 5.82 Å². The number of hydrogen-bond donors (Lipinski definition) is 1. The van der Waals surface area contributed by atoms with Crippen LogP contribution in [-0.4, -0.2) is 19.7 Å². The van der Waals surface area contributed by atoms with Gasteiger partial charge in [-0.1, -0.05) is 19.9 Å². The van der Waals surface area contributed by atoms with Crippen molar-refractivity contribution < 1.29 is 0 Å². The molecule has 17 heavy (non-hydrogen) atoms. The van der Waals surface area contributed by atoms with Crippen LogP contribution in [0.1, 0.15) is 31.1 Å². The van der Waals surface area contributed by atoms with E-state index in [9.17, 15) is 0 Å². The van der Waals surface area contributed by atoms with E-state index in [4.69, 9.17) is 5.73 Å². The summed E-state index contributed by atoms with van der Waals surface area (Å²) in [5.41, 5.74) is 6.56. The lowest BCUT2D eigenvalue weighted by Gasteiger charge is -2.03. The molecule has 0 saturated carbocycles. The zero-order valence-electron chi connectivity index (χ0n) is 10.2. The number of aromatic nitrogens is 4. The van der Waals surface area contributed by atoms with Gasteiger partial charge in [-0.05, 0) is 11.6 Å². The summed E-state index contributed by atoms with van der Waals surface area (Å²) < 4.78 is 1.80. The van der Waals surface area contributed by atoms with Crippen molar-refractivity contribution in [2.45, 2.75) is 33.2 Å². The Balaban J connectivity index is 2.40. The van der Waals surface area contributed by atoms with E-state index in [1.54, 1.807) is 10.9 Å². The van der Waals surface area contributed by atoms with Gasteiger partial charge in [0.05, 0.1) is 0 Å². The van der Waals surface area contributed by atoms with E-state index in [1.165, 1.54) is 0 Å². The number of rotatable bonds is 4. The van der Waals surface area contributed by atoms with Crippen LogP contribution < -0.4 is 5.73 Å². The Morgan fingerprint density at radius 2 is 2.06 bits per heavy atom. The summed E-state index contributed by atoms with van der Waals surface area (Å²) in [4.78, 5) is 8.81. The Kier molecular flexibility index (Phi) is 3.49. The van der Waals surface area contributed by atoms with E-state index in [0.29, 0.717) is 6.54 Å². The third-order valence-corrected chi connectivity index (χ3v) is 2.61. The summed E-state index contributed by atoms with van der Waals surface area (Å²) >= 11 is 0. The Hall–Kier alpha value is -1.75. The standard InChI is InChI=1S/C12H17N5/c1-3-10-15-11(4-2)17(16-10)12-6-5-9(7-13)8-14-12/h5-6,8H,3-4,7,13H2,1-2H3. The predicted octanol–water partition coefficient (Wildman–Crippen LogP) is 1.25. The minimum absolute atomic E-state index is 0.505. The van der Waals surface area contributed by atoms with Crippen molar-refractivity contribution in [3.05, 3.63) is 35.5 Å². The molecule has 0 spiro atoms. The molecule has 5 nitrogen and oxygen atoms in total. The lowest BCUT2D eigenvalue weighted by molar-refractivity contribution is 0.767. The molecule has 0 bridgehead atoms. The van der Waals surface area contributed by atoms with Crippen LogP contribution in [0.2, 0.25) is 0 Å². The number of hydrogen-bond acceptors (Lipinski definition) is 4. The molecular weight excluding hydrogens is 214 g/mol. The highest BCUT2D eigenvalue weighted by atomic mass is 15.4. The van der Waals surface area contributed by atoms with Crippen LogP contribution in [0.5, 0.6) is 0 Å². The van der Waals surface area contributed by atoms with E-state index < -0.39 is 0 Å². The van der Waals surface area contributed by atoms with Gasteiger partial charge in [0.25, 0.3) is 0 Å². The van der Waals surface area contributed by atoms with Crippen molar-refractivity contribution in [1.82, 2.24) is 19.7 Å². The average molecular weight is 231 g/mol. The second-order valence-corrected chi connectivity index (χ2v) is 3.79. The number of aryl methyl sites for hydroxylation is 2. The van der Waals surface area contributed by atoms with Gasteiger partial charge in [0.1, 0.15) is 5.82 Å². The maximum Gasteiger partial charge on any atom is 0.155 e. The van der Waals surface area contributed by atoms with Crippen molar-refractivity contribution in [3.8, 4) is 5.82 Å². The molecule has 5 heteroatoms. The normalized spacial score (nSPS) is 10.8. The summed E-state index contributed by atoms with van der Waals surface area (Å²) in [5, 5.41) is 4.44. The molecule has 2 N–H and O–H groups in total. The van der Waals surface area contributed by atoms with Gasteiger partial charge in [-0.2, -0.15) is 4.68 Å². The molecule has 0 aromatic carbocycles. The Bertz CT molecular complexity index is 486. The first-order chi connectivity index (χ1) is 8.28. The van der Waals surface area contributed by atoms with Gasteiger partial charge in [0.2, 0.25) is 0 Å². The SMILES string of the molecule is CCc1nc(CC)n(-c2ccc(CN)cn2)n1. The lowest BCUT2D eigenvalue weighted by Crippen LogP contribution is -2.05. The van der Waals surface area contributed by atoms with Gasteiger partial charge in [-0.3, -0.25) is 0 Å². The van der Waals surface area contributed by atoms with Gasteiger partial charge < -0.3 is 5.73 Å². The van der Waals surface area contributed by atoms with Crippen molar-refractivity contribution >= 4 is 0 Å². The average Bonchev–Trinajstić information content (AvgIpc) is 2.82. The molecule has 0 saturated heterocycles. The smallest absolute Gasteiger partial charge is 0.155 e. The first-order valence-corrected chi connectivity index (χ1v) is 5.88. The molecular formula is C12H17N5. The van der Waals surface area contributed by atoms with E-state index in [1.807, 2.05) is 19.1 Å². The van der Waals surface area contributed by atoms with Gasteiger partial charge in [0.15, 0.2) is 11.6 Å². The van der Waals surface area contributed by atoms with Gasteiger partial charge >= 0.3 is 0 Å². The molecule has 2 heterocycles. The predicted molar refractivity (Wildman–Crippen MR) is 65.8 cm³/mol. The quantitative estimate of drug-likeness (QED) is 0.859. The summed E-state index contributed by atoms with van der Waals surface area (Å²) in [7, 11) is 0. The van der Waals surface area contributed by atoms with E-state index in [-0.39, 0.29) is 0 Å². The molecule has 0 fully saturated rings. The van der Waals surface area contributed by atoms with Crippen LogP contribution in [0.3, 0.4) is 0 Å². The summed E-state index contributed by atoms with van der Waals surface area (Å²) in [5.74, 6) is 2.59. The second-order valence-electron chi connectivity index (χ2n) is 3.79. The van der Waals surface area contributed by atoms with Gasteiger partial charge in [-0.15, -0.1) is 5.10 Å². The summed E-state index contributed by atoms with van der Waals surface area (Å²) in [6, 6.07) is 3.89. The summed E-state index contributed by atoms with van der Waals surface area (Å²) in [6.45, 7) is 4.61. The highest BCUT2D eigenvalue weighted by Gasteiger charge is 2.09.